The quantitative estimate of drug-likeness (QED) is 0.799. The highest BCUT2D eigenvalue weighted by Crippen LogP contribution is 2.26. The SMILES string of the molecule is CCC1(C)NC(=O)N(c2ccc(F)cc2)C1=O. The minimum Gasteiger partial charge on any atom is -0.323 e. The Balaban J connectivity index is 2.37. The summed E-state index contributed by atoms with van der Waals surface area (Å²) in [6.07, 6.45) is 0.509. The molecule has 0 bridgehead atoms. The summed E-state index contributed by atoms with van der Waals surface area (Å²) in [5, 5.41) is 2.64. The molecule has 4 nitrogen and oxygen atoms in total. The molecule has 2 rings (SSSR count). The molecule has 3 amide bonds. The van der Waals surface area contributed by atoms with E-state index in [-0.39, 0.29) is 5.91 Å². The third-order valence-corrected chi connectivity index (χ3v) is 3.05. The Morgan fingerprint density at radius 1 is 1.29 bits per heavy atom. The molecule has 0 radical (unpaired) electrons. The molecule has 90 valence electrons. The molecule has 0 spiro atoms. The van der Waals surface area contributed by atoms with Crippen LogP contribution in [0.3, 0.4) is 0 Å². The topological polar surface area (TPSA) is 49.4 Å². The van der Waals surface area contributed by atoms with Gasteiger partial charge in [0.25, 0.3) is 5.91 Å². The molecular weight excluding hydrogens is 223 g/mol. The van der Waals surface area contributed by atoms with E-state index in [4.69, 9.17) is 0 Å². The number of nitrogens with zero attached hydrogens (tertiary/aromatic N) is 1. The van der Waals surface area contributed by atoms with E-state index < -0.39 is 17.4 Å². The lowest BCUT2D eigenvalue weighted by Gasteiger charge is -2.19. The first-order valence-electron chi connectivity index (χ1n) is 5.40. The van der Waals surface area contributed by atoms with Crippen molar-refractivity contribution < 1.29 is 14.0 Å². The van der Waals surface area contributed by atoms with Crippen molar-refractivity contribution in [3.63, 3.8) is 0 Å². The monoisotopic (exact) mass is 236 g/mol. The Morgan fingerprint density at radius 2 is 1.88 bits per heavy atom. The summed E-state index contributed by atoms with van der Waals surface area (Å²) in [6, 6.07) is 4.79. The smallest absolute Gasteiger partial charge is 0.323 e. The van der Waals surface area contributed by atoms with Crippen molar-refractivity contribution in [1.29, 1.82) is 0 Å². The molecule has 1 aliphatic rings. The predicted octanol–water partition coefficient (Wildman–Crippen LogP) is 2.05. The minimum absolute atomic E-state index is 0.309. The van der Waals surface area contributed by atoms with Crippen molar-refractivity contribution in [2.75, 3.05) is 4.90 Å². The lowest BCUT2D eigenvalue weighted by molar-refractivity contribution is -0.121. The van der Waals surface area contributed by atoms with Gasteiger partial charge in [-0.3, -0.25) is 4.79 Å². The summed E-state index contributed by atoms with van der Waals surface area (Å²) in [7, 11) is 0. The van der Waals surface area contributed by atoms with Gasteiger partial charge in [-0.1, -0.05) is 6.92 Å². The van der Waals surface area contributed by atoms with Gasteiger partial charge in [0.15, 0.2) is 0 Å². The summed E-state index contributed by atoms with van der Waals surface area (Å²) < 4.78 is 12.8. The molecule has 0 saturated carbocycles. The van der Waals surface area contributed by atoms with Crippen molar-refractivity contribution in [3.8, 4) is 0 Å². The van der Waals surface area contributed by atoms with Crippen LogP contribution >= 0.6 is 0 Å². The second-order valence-electron chi connectivity index (χ2n) is 4.23. The van der Waals surface area contributed by atoms with E-state index in [9.17, 15) is 14.0 Å². The number of nitrogens with one attached hydrogen (secondary N) is 1. The van der Waals surface area contributed by atoms with Crippen LogP contribution in [-0.2, 0) is 4.79 Å². The van der Waals surface area contributed by atoms with Crippen molar-refractivity contribution in [2.45, 2.75) is 25.8 Å². The predicted molar refractivity (Wildman–Crippen MR) is 61.1 cm³/mol. The van der Waals surface area contributed by atoms with Crippen LogP contribution in [0.4, 0.5) is 14.9 Å². The zero-order valence-electron chi connectivity index (χ0n) is 9.66. The van der Waals surface area contributed by atoms with Gasteiger partial charge in [0.1, 0.15) is 11.4 Å². The summed E-state index contributed by atoms with van der Waals surface area (Å²) in [4.78, 5) is 24.9. The Kier molecular flexibility index (Phi) is 2.61. The molecule has 17 heavy (non-hydrogen) atoms. The number of urea groups is 1. The highest BCUT2D eigenvalue weighted by molar-refractivity contribution is 6.23. The zero-order valence-corrected chi connectivity index (χ0v) is 9.66. The molecule has 1 aromatic carbocycles. The van der Waals surface area contributed by atoms with E-state index in [0.29, 0.717) is 12.1 Å². The Hall–Kier alpha value is -1.91. The van der Waals surface area contributed by atoms with Crippen LogP contribution < -0.4 is 10.2 Å². The molecule has 1 fully saturated rings. The van der Waals surface area contributed by atoms with Gasteiger partial charge in [0.2, 0.25) is 0 Å². The molecule has 0 aliphatic carbocycles. The molecule has 1 atom stereocenters. The number of carbonyl (C=O) groups is 2. The van der Waals surface area contributed by atoms with Crippen LogP contribution in [-0.4, -0.2) is 17.5 Å². The standard InChI is InChI=1S/C12H13FN2O2/c1-3-12(2)10(16)15(11(17)14-12)9-6-4-8(13)5-7-9/h4-7H,3H2,1-2H3,(H,14,17). The first-order valence-corrected chi connectivity index (χ1v) is 5.40. The van der Waals surface area contributed by atoms with Gasteiger partial charge in [0.05, 0.1) is 5.69 Å². The Bertz CT molecular complexity index is 472. The van der Waals surface area contributed by atoms with E-state index in [0.717, 1.165) is 4.90 Å². The zero-order chi connectivity index (χ0) is 12.6. The fourth-order valence-electron chi connectivity index (χ4n) is 1.75. The van der Waals surface area contributed by atoms with E-state index in [2.05, 4.69) is 5.32 Å². The summed E-state index contributed by atoms with van der Waals surface area (Å²) >= 11 is 0. The third kappa shape index (κ3) is 1.77. The van der Waals surface area contributed by atoms with Crippen molar-refractivity contribution in [2.24, 2.45) is 0 Å². The van der Waals surface area contributed by atoms with Crippen LogP contribution in [0.1, 0.15) is 20.3 Å². The molecule has 1 aliphatic heterocycles. The summed E-state index contributed by atoms with van der Waals surface area (Å²) in [5.41, 5.74) is -0.489. The Labute approximate surface area is 98.4 Å². The highest BCUT2D eigenvalue weighted by atomic mass is 19.1. The maximum absolute atomic E-state index is 12.8. The van der Waals surface area contributed by atoms with E-state index in [1.165, 1.54) is 24.3 Å². The fourth-order valence-corrected chi connectivity index (χ4v) is 1.75. The first-order chi connectivity index (χ1) is 7.98. The second-order valence-corrected chi connectivity index (χ2v) is 4.23. The molecule has 5 heteroatoms. The highest BCUT2D eigenvalue weighted by Gasteiger charge is 2.47. The number of halogens is 1. The van der Waals surface area contributed by atoms with E-state index >= 15 is 0 Å². The number of benzene rings is 1. The minimum atomic E-state index is -0.870. The third-order valence-electron chi connectivity index (χ3n) is 3.05. The van der Waals surface area contributed by atoms with Crippen LogP contribution in [0, 0.1) is 5.82 Å². The maximum Gasteiger partial charge on any atom is 0.329 e. The lowest BCUT2D eigenvalue weighted by Crippen LogP contribution is -2.43. The number of rotatable bonds is 2. The first kappa shape index (κ1) is 11.6. The van der Waals surface area contributed by atoms with Gasteiger partial charge in [-0.05, 0) is 37.6 Å². The molecule has 1 heterocycles. The molecule has 1 aromatic rings. The van der Waals surface area contributed by atoms with Gasteiger partial charge < -0.3 is 5.32 Å². The van der Waals surface area contributed by atoms with Gasteiger partial charge >= 0.3 is 6.03 Å². The van der Waals surface area contributed by atoms with Gasteiger partial charge in [-0.2, -0.15) is 0 Å². The van der Waals surface area contributed by atoms with Crippen molar-refractivity contribution in [1.82, 2.24) is 5.32 Å². The second kappa shape index (κ2) is 3.84. The fraction of sp³-hybridized carbons (Fsp3) is 0.333. The number of imide groups is 1. The summed E-state index contributed by atoms with van der Waals surface area (Å²) in [6.45, 7) is 3.50. The summed E-state index contributed by atoms with van der Waals surface area (Å²) in [5.74, 6) is -0.712. The number of hydrogen-bond acceptors (Lipinski definition) is 2. The molecule has 1 unspecified atom stereocenters. The Morgan fingerprint density at radius 3 is 2.35 bits per heavy atom. The van der Waals surface area contributed by atoms with Crippen molar-refractivity contribution in [3.05, 3.63) is 30.1 Å². The molecule has 1 N–H and O–H groups in total. The maximum atomic E-state index is 12.8. The average molecular weight is 236 g/mol. The van der Waals surface area contributed by atoms with E-state index in [1.54, 1.807) is 6.92 Å². The van der Waals surface area contributed by atoms with Crippen molar-refractivity contribution >= 4 is 17.6 Å². The van der Waals surface area contributed by atoms with Gasteiger partial charge in [0, 0.05) is 0 Å². The number of amides is 3. The van der Waals surface area contributed by atoms with Crippen LogP contribution in [0.2, 0.25) is 0 Å². The largest absolute Gasteiger partial charge is 0.329 e. The van der Waals surface area contributed by atoms with Crippen LogP contribution in [0.15, 0.2) is 24.3 Å². The number of hydrogen-bond donors (Lipinski definition) is 1. The lowest BCUT2D eigenvalue weighted by atomic mass is 9.99. The molecular formula is C12H13FN2O2. The number of anilines is 1. The van der Waals surface area contributed by atoms with Crippen LogP contribution in [0.25, 0.3) is 0 Å². The molecule has 1 saturated heterocycles. The van der Waals surface area contributed by atoms with Crippen LogP contribution in [0.5, 0.6) is 0 Å². The van der Waals surface area contributed by atoms with E-state index in [1.807, 2.05) is 6.92 Å². The molecule has 0 aromatic heterocycles. The van der Waals surface area contributed by atoms with Gasteiger partial charge in [-0.25, -0.2) is 14.1 Å². The normalized spacial score (nSPS) is 24.1. The van der Waals surface area contributed by atoms with Gasteiger partial charge in [-0.15, -0.1) is 0 Å². The average Bonchev–Trinajstić information content (AvgIpc) is 2.53. The number of carbonyl (C=O) groups excluding carboxylic acids is 2.